The molecule has 0 fully saturated rings. The molecule has 2 atom stereocenters. The lowest BCUT2D eigenvalue weighted by molar-refractivity contribution is -0.508. The monoisotopic (exact) mass is 1620 g/mol. The predicted octanol–water partition coefficient (Wildman–Crippen LogP) is 28.2. The van der Waals surface area contributed by atoms with E-state index >= 15 is 0 Å². The number of nitrogens with zero attached hydrogens (tertiary/aromatic N) is 4. The van der Waals surface area contributed by atoms with E-state index in [1.54, 1.807) is 30.4 Å². The molecule has 632 valence electrons. The highest BCUT2D eigenvalue weighted by molar-refractivity contribution is 7.18. The number of imide groups is 1. The molecule has 2 amide bonds. The second kappa shape index (κ2) is 42.9. The van der Waals surface area contributed by atoms with E-state index in [9.17, 15) is 24.5 Å². The molecule has 10 aromatic rings. The number of aryl methyl sites for hydroxylation is 1. The van der Waals surface area contributed by atoms with Gasteiger partial charge in [-0.05, 0) is 168 Å². The van der Waals surface area contributed by atoms with Crippen molar-refractivity contribution in [2.75, 3.05) is 4.90 Å². The van der Waals surface area contributed by atoms with Crippen LogP contribution in [0, 0.1) is 15.5 Å². The summed E-state index contributed by atoms with van der Waals surface area (Å²) in [5.41, 5.74) is 20.1. The molecule has 8 aromatic carbocycles. The van der Waals surface area contributed by atoms with Gasteiger partial charge in [0, 0.05) is 62.8 Å². The fourth-order valence-electron chi connectivity index (χ4n) is 12.4. The smallest absolute Gasteiger partial charge is 0.258 e. The highest BCUT2D eigenvalue weighted by Gasteiger charge is 2.27. The number of amides is 2. The minimum atomic E-state index is -0.887. The van der Waals surface area contributed by atoms with E-state index in [1.807, 2.05) is 97.1 Å². The molecule has 12 rings (SSSR count). The molecule has 11 nitrogen and oxygen atoms in total. The number of carbonyl (C=O) groups excluding carboxylic acids is 3. The zero-order valence-electron chi connectivity index (χ0n) is 76.4. The Labute approximate surface area is 718 Å². The van der Waals surface area contributed by atoms with Gasteiger partial charge >= 0.3 is 0 Å². The van der Waals surface area contributed by atoms with Crippen molar-refractivity contribution in [1.82, 2.24) is 9.55 Å². The van der Waals surface area contributed by atoms with Crippen LogP contribution in [0.4, 0.5) is 5.69 Å². The van der Waals surface area contributed by atoms with Gasteiger partial charge in [0.2, 0.25) is 6.04 Å². The molecule has 0 radical (unpaired) electrons. The van der Waals surface area contributed by atoms with Crippen LogP contribution in [0.3, 0.4) is 0 Å². The molecule has 12 heteroatoms. The molecule has 2 aromatic heterocycles. The van der Waals surface area contributed by atoms with E-state index in [-0.39, 0.29) is 65.8 Å². The molecule has 119 heavy (non-hydrogen) atoms. The Morgan fingerprint density at radius 1 is 0.546 bits per heavy atom. The molecule has 3 heterocycles. The third-order valence-electron chi connectivity index (χ3n) is 20.1. The molecule has 0 bridgehead atoms. The topological polar surface area (TPSA) is 145 Å². The summed E-state index contributed by atoms with van der Waals surface area (Å²) in [6.45, 7) is 72.3. The van der Waals surface area contributed by atoms with Crippen molar-refractivity contribution in [3.63, 3.8) is 0 Å². The number of hydrogen-bond donors (Lipinski definition) is 1. The second-order valence-corrected chi connectivity index (χ2v) is 39.2. The van der Waals surface area contributed by atoms with Crippen LogP contribution in [0.25, 0.3) is 43.7 Å². The molecule has 0 saturated carbocycles. The van der Waals surface area contributed by atoms with E-state index < -0.39 is 12.3 Å². The van der Waals surface area contributed by atoms with Crippen LogP contribution in [-0.4, -0.2) is 49.5 Å². The molecule has 2 unspecified atom stereocenters. The molecular weight excluding hydrogens is 1490 g/mol. The van der Waals surface area contributed by atoms with Gasteiger partial charge in [0.25, 0.3) is 11.8 Å². The van der Waals surface area contributed by atoms with Crippen molar-refractivity contribution in [3.8, 4) is 0 Å². The number of carbonyl (C=O) groups is 3. The molecule has 0 saturated heterocycles. The van der Waals surface area contributed by atoms with Gasteiger partial charge in [-0.15, -0.1) is 11.3 Å². The summed E-state index contributed by atoms with van der Waals surface area (Å²) < 4.78 is 8.82. The van der Waals surface area contributed by atoms with Crippen LogP contribution in [0.5, 0.6) is 0 Å². The molecule has 0 spiro atoms. The maximum absolute atomic E-state index is 11.5. The van der Waals surface area contributed by atoms with Crippen LogP contribution in [-0.2, 0) is 65.4 Å². The number of ketones is 1. The van der Waals surface area contributed by atoms with Gasteiger partial charge in [-0.3, -0.25) is 24.5 Å². The first-order valence-electron chi connectivity index (χ1n) is 41.3. The summed E-state index contributed by atoms with van der Waals surface area (Å²) >= 11 is 1.79. The Bertz CT molecular complexity index is 5110. The van der Waals surface area contributed by atoms with Crippen LogP contribution in [0.15, 0.2) is 275 Å². The number of thiazole rings is 1. The summed E-state index contributed by atoms with van der Waals surface area (Å²) in [7, 11) is 0. The fourth-order valence-corrected chi connectivity index (χ4v) is 13.4. The maximum Gasteiger partial charge on any atom is 0.258 e. The van der Waals surface area contributed by atoms with Gasteiger partial charge in [0.05, 0.1) is 27.5 Å². The Kier molecular flexibility index (Phi) is 35.8. The molecule has 1 aliphatic heterocycles. The number of para-hydroxylation sites is 2. The molecule has 1 aliphatic carbocycles. The number of aromatic nitrogens is 2. The van der Waals surface area contributed by atoms with E-state index in [4.69, 9.17) is 9.84 Å². The average molecular weight is 1620 g/mol. The van der Waals surface area contributed by atoms with E-state index in [2.05, 4.69) is 330 Å². The Morgan fingerprint density at radius 2 is 0.983 bits per heavy atom. The number of aliphatic hydroxyl groups is 1. The number of allylic oxidation sites excluding steroid dienone is 6. The highest BCUT2D eigenvalue weighted by Crippen LogP contribution is 2.36. The van der Waals surface area contributed by atoms with Crippen molar-refractivity contribution in [2.45, 2.75) is 250 Å². The predicted molar refractivity (Wildman–Crippen MR) is 511 cm³/mol. The molecule has 2 aliphatic rings. The minimum Gasteiger partial charge on any atom is -0.365 e. The quantitative estimate of drug-likeness (QED) is 0.0242. The largest absolute Gasteiger partial charge is 0.365 e. The first-order valence-corrected chi connectivity index (χ1v) is 42.1. The normalized spacial score (nSPS) is 13.9. The van der Waals surface area contributed by atoms with Crippen LogP contribution >= 0.6 is 11.3 Å². The summed E-state index contributed by atoms with van der Waals surface area (Å²) in [6.07, 6.45) is 16.6. The number of aliphatic hydroxyl groups excluding tert-OH is 1. The average Bonchev–Trinajstić information content (AvgIpc) is 1.60. The zero-order chi connectivity index (χ0) is 89.4. The van der Waals surface area contributed by atoms with Crippen molar-refractivity contribution in [1.29, 1.82) is 0 Å². The highest BCUT2D eigenvalue weighted by atomic mass is 32.1. The van der Waals surface area contributed by atoms with Crippen LogP contribution in [0.2, 0.25) is 0 Å². The third-order valence-corrected chi connectivity index (χ3v) is 21.6. The first kappa shape index (κ1) is 99.1. The SMILES string of the molecule is C=C/C=C(\C=C)c1ccc(C(C)(C)C)cc1.C=CC(O)OCc1ccc(C(C)(C)C)cc1.C=Cc1ccc(C(C)(C)C)cc1.CC(=O)c1ccc(C(C)(C)C)cc1.CC(C)(C)C1=CCC([N+](=O)[O-])C=C1.CC(C)(C)c1ccc(N2C(=O)C=CC2=O)cc1.CC(C)(C)c1nc2ccccc2s1.CCn1c2ccccc2c2cc(C(C)(C)C)ccc21. The number of fused-ring (bicyclic) bond motifs is 4. The van der Waals surface area contributed by atoms with Gasteiger partial charge in [-0.2, -0.15) is 0 Å². The first-order chi connectivity index (χ1) is 55.3. The zero-order valence-corrected chi connectivity index (χ0v) is 77.2. The molecule has 1 N–H and O–H groups in total. The van der Waals surface area contributed by atoms with Crippen molar-refractivity contribution >= 4 is 78.3 Å². The Balaban J connectivity index is 0.000000243. The van der Waals surface area contributed by atoms with Crippen molar-refractivity contribution < 1.29 is 29.2 Å². The van der Waals surface area contributed by atoms with E-state index in [0.717, 1.165) is 28.8 Å². The van der Waals surface area contributed by atoms with Gasteiger partial charge in [0.15, 0.2) is 12.1 Å². The number of hydrogen-bond acceptors (Lipinski definition) is 9. The van der Waals surface area contributed by atoms with Gasteiger partial charge in [0.1, 0.15) is 0 Å². The Hall–Kier alpha value is -10.5. The number of rotatable bonds is 12. The van der Waals surface area contributed by atoms with Gasteiger partial charge in [-0.1, -0.05) is 375 Å². The van der Waals surface area contributed by atoms with Crippen LogP contribution < -0.4 is 4.90 Å². The van der Waals surface area contributed by atoms with Crippen LogP contribution in [0.1, 0.15) is 252 Å². The van der Waals surface area contributed by atoms with E-state index in [1.165, 1.54) is 105 Å². The van der Waals surface area contributed by atoms with Gasteiger partial charge in [-0.25, -0.2) is 9.88 Å². The Morgan fingerprint density at radius 3 is 1.39 bits per heavy atom. The lowest BCUT2D eigenvalue weighted by Crippen LogP contribution is -2.29. The van der Waals surface area contributed by atoms with Crippen molar-refractivity contribution in [2.24, 2.45) is 5.41 Å². The lowest BCUT2D eigenvalue weighted by Gasteiger charge is -2.22. The summed E-state index contributed by atoms with van der Waals surface area (Å²) in [4.78, 5) is 49.9. The second-order valence-electron chi connectivity index (χ2n) is 38.2. The van der Waals surface area contributed by atoms with Gasteiger partial charge < -0.3 is 14.4 Å². The molecular formula is C107H136N4O7S. The minimum absolute atomic E-state index is 0.0653. The number of Topliss-reactive ketones (excluding diaryl/α,β-unsaturated/α-hetero) is 1. The number of anilines is 1. The fraction of sp³-hybridized carbons (Fsp3) is 0.364. The summed E-state index contributed by atoms with van der Waals surface area (Å²) in [6, 6.07) is 64.2. The number of ether oxygens (including phenoxy) is 1. The lowest BCUT2D eigenvalue weighted by atomic mass is 9.83. The standard InChI is InChI=1S/C18H21N.C16H20.C14H15NO2.C14H20O2.C12H16O.C12H16.C11H13NS.C10H15NO2/c1-5-19-16-9-7-6-8-14(16)15-12-13(18(2,3)4)10-11-17(15)19;1-6-8-13(7-2)14-9-11-15(12-10-14)16(3,4)5;1-14(2,3)10-4-6-11(7-5-10)15-12(16)8-9-13(15)17;1-5-13(15)16-10-11-6-8-12(9-7-11)14(2,3)4;1-9(13)10-5-7-11(8-6-10)12(2,3)4;1-5-10-6-8-11(9-7-10)12(2,3)4;1-11(2,3)10-12-8-6-4-5-7-9(8)13-10;1-10(2,3)8-4-6-9(7-5-8)11(12)13/h6-12H,5H2,1-4H3;6-12H,1-2H2,3-5H3;4-9H,1-3H3;5-9,13,15H,1,10H2,2-4H3;5-8H,1-4H3;5-9H,1H2,2-4H3;4-7H,1-3H3;4-6,9H,7H2,1-3H3/b;13-8+;;;;;;. The maximum atomic E-state index is 11.5. The number of benzene rings is 8. The van der Waals surface area contributed by atoms with Crippen molar-refractivity contribution in [3.05, 3.63) is 345 Å². The number of nitro groups is 1. The summed E-state index contributed by atoms with van der Waals surface area (Å²) in [5, 5.41) is 23.6. The summed E-state index contributed by atoms with van der Waals surface area (Å²) in [5.74, 6) is -0.433. The van der Waals surface area contributed by atoms with E-state index in [0.29, 0.717) is 18.7 Å². The third kappa shape index (κ3) is 30.7.